The number of nitrogens with zero attached hydrogens (tertiary/aromatic N) is 2. The Hall–Kier alpha value is -1.59. The molecule has 2 aliphatic rings. The number of nitrogens with one attached hydrogen (secondary N) is 2. The summed E-state index contributed by atoms with van der Waals surface area (Å²) in [6, 6.07) is 11.7. The van der Waals surface area contributed by atoms with E-state index in [4.69, 9.17) is 0 Å². The molecule has 3 rings (SSSR count). The van der Waals surface area contributed by atoms with Crippen molar-refractivity contribution in [2.45, 2.75) is 63.6 Å². The molecule has 0 spiro atoms. The van der Waals surface area contributed by atoms with Gasteiger partial charge in [-0.05, 0) is 51.5 Å². The van der Waals surface area contributed by atoms with E-state index in [0.717, 1.165) is 57.7 Å². The van der Waals surface area contributed by atoms with Crippen LogP contribution in [-0.4, -0.2) is 53.8 Å². The number of hydrogen-bond donors (Lipinski definition) is 3. The number of guanidine groups is 1. The molecule has 1 heterocycles. The van der Waals surface area contributed by atoms with E-state index in [1.165, 1.54) is 5.56 Å². The maximum atomic E-state index is 10.3. The van der Waals surface area contributed by atoms with E-state index in [9.17, 15) is 5.11 Å². The van der Waals surface area contributed by atoms with E-state index in [-0.39, 0.29) is 0 Å². The Morgan fingerprint density at radius 1 is 1.27 bits per heavy atom. The van der Waals surface area contributed by atoms with Gasteiger partial charge in [-0.25, -0.2) is 0 Å². The minimum absolute atomic E-state index is 0.447. The first-order chi connectivity index (χ1) is 12.6. The van der Waals surface area contributed by atoms with Gasteiger partial charge in [0.05, 0.1) is 12.1 Å². The molecule has 1 atom stereocenters. The van der Waals surface area contributed by atoms with Crippen molar-refractivity contribution in [1.82, 2.24) is 15.5 Å². The molecule has 0 radical (unpaired) electrons. The van der Waals surface area contributed by atoms with Crippen LogP contribution in [0.5, 0.6) is 0 Å². The second-order valence-corrected chi connectivity index (χ2v) is 7.81. The van der Waals surface area contributed by atoms with Gasteiger partial charge in [-0.3, -0.25) is 9.89 Å². The molecule has 1 aromatic rings. The number of aliphatic imine (C=N–C) groups is 1. The summed E-state index contributed by atoms with van der Waals surface area (Å²) in [5, 5.41) is 17.2. The van der Waals surface area contributed by atoms with Crippen LogP contribution in [0, 0.1) is 0 Å². The lowest BCUT2D eigenvalue weighted by atomic mass is 9.80. The Bertz CT molecular complexity index is 577. The molecule has 26 heavy (non-hydrogen) atoms. The molecule has 0 aromatic heterocycles. The number of rotatable bonds is 6. The summed E-state index contributed by atoms with van der Waals surface area (Å²) in [5.41, 5.74) is 0.833. The average Bonchev–Trinajstić information content (AvgIpc) is 2.65. The fourth-order valence-electron chi connectivity index (χ4n) is 3.86. The zero-order valence-corrected chi connectivity index (χ0v) is 16.2. The van der Waals surface area contributed by atoms with Gasteiger partial charge in [0.15, 0.2) is 5.96 Å². The Morgan fingerprint density at radius 2 is 1.96 bits per heavy atom. The highest BCUT2D eigenvalue weighted by molar-refractivity contribution is 5.80. The fourth-order valence-corrected chi connectivity index (χ4v) is 3.86. The number of aliphatic hydroxyl groups is 1. The Morgan fingerprint density at radius 3 is 2.54 bits per heavy atom. The molecule has 144 valence electrons. The monoisotopic (exact) mass is 358 g/mol. The summed E-state index contributed by atoms with van der Waals surface area (Å²) in [6.45, 7) is 7.92. The summed E-state index contributed by atoms with van der Waals surface area (Å²) < 4.78 is 0. The van der Waals surface area contributed by atoms with Gasteiger partial charge < -0.3 is 15.7 Å². The van der Waals surface area contributed by atoms with Crippen molar-refractivity contribution in [3.8, 4) is 0 Å². The van der Waals surface area contributed by atoms with Crippen molar-refractivity contribution in [2.75, 3.05) is 26.2 Å². The molecule has 1 aliphatic carbocycles. The number of hydrogen-bond acceptors (Lipinski definition) is 3. The lowest BCUT2D eigenvalue weighted by Crippen LogP contribution is -2.50. The Kier molecular flexibility index (Phi) is 6.54. The van der Waals surface area contributed by atoms with Crippen molar-refractivity contribution >= 4 is 5.96 Å². The standard InChI is InChI=1S/C21H34N4O/c1-3-22-20(23-16-21(26)12-7-13-21)24-19-10-14-25(15-11-19)17(2)18-8-5-4-6-9-18/h4-6,8-9,17,19,26H,3,7,10-16H2,1-2H3,(H2,22,23,24). The van der Waals surface area contributed by atoms with Gasteiger partial charge >= 0.3 is 0 Å². The largest absolute Gasteiger partial charge is 0.388 e. The second kappa shape index (κ2) is 8.87. The minimum atomic E-state index is -0.559. The van der Waals surface area contributed by atoms with E-state index in [0.29, 0.717) is 18.6 Å². The molecule has 1 aromatic carbocycles. The number of benzene rings is 1. The number of piperidine rings is 1. The van der Waals surface area contributed by atoms with Crippen LogP contribution in [0.25, 0.3) is 0 Å². The zero-order chi connectivity index (χ0) is 18.4. The summed E-state index contributed by atoms with van der Waals surface area (Å²) >= 11 is 0. The third-order valence-corrected chi connectivity index (χ3v) is 5.86. The maximum absolute atomic E-state index is 10.3. The highest BCUT2D eigenvalue weighted by Crippen LogP contribution is 2.31. The molecule has 5 nitrogen and oxygen atoms in total. The predicted octanol–water partition coefficient (Wildman–Crippen LogP) is 2.68. The lowest BCUT2D eigenvalue weighted by molar-refractivity contribution is -0.0236. The number of likely N-dealkylation sites (tertiary alicyclic amines) is 1. The summed E-state index contributed by atoms with van der Waals surface area (Å²) in [7, 11) is 0. The van der Waals surface area contributed by atoms with Gasteiger partial charge in [0, 0.05) is 31.7 Å². The van der Waals surface area contributed by atoms with Crippen molar-refractivity contribution in [3.05, 3.63) is 35.9 Å². The van der Waals surface area contributed by atoms with Crippen molar-refractivity contribution in [2.24, 2.45) is 4.99 Å². The Balaban J connectivity index is 1.49. The van der Waals surface area contributed by atoms with E-state index in [1.807, 2.05) is 0 Å². The van der Waals surface area contributed by atoms with E-state index < -0.39 is 5.60 Å². The summed E-state index contributed by atoms with van der Waals surface area (Å²) in [5.74, 6) is 0.849. The average molecular weight is 359 g/mol. The zero-order valence-electron chi connectivity index (χ0n) is 16.2. The molecule has 5 heteroatoms. The first-order valence-corrected chi connectivity index (χ1v) is 10.2. The van der Waals surface area contributed by atoms with E-state index in [1.54, 1.807) is 0 Å². The molecule has 1 saturated heterocycles. The molecule has 1 unspecified atom stereocenters. The Labute approximate surface area is 157 Å². The van der Waals surface area contributed by atoms with Crippen molar-refractivity contribution in [3.63, 3.8) is 0 Å². The normalized spacial score (nSPS) is 22.5. The van der Waals surface area contributed by atoms with Crippen LogP contribution >= 0.6 is 0 Å². The minimum Gasteiger partial charge on any atom is -0.388 e. The quantitative estimate of drug-likeness (QED) is 0.540. The highest BCUT2D eigenvalue weighted by atomic mass is 16.3. The molecular weight excluding hydrogens is 324 g/mol. The summed E-state index contributed by atoms with van der Waals surface area (Å²) in [6.07, 6.45) is 5.11. The highest BCUT2D eigenvalue weighted by Gasteiger charge is 2.34. The molecule has 0 amide bonds. The first-order valence-electron chi connectivity index (χ1n) is 10.2. The van der Waals surface area contributed by atoms with Crippen molar-refractivity contribution < 1.29 is 5.11 Å². The third kappa shape index (κ3) is 4.98. The second-order valence-electron chi connectivity index (χ2n) is 7.81. The maximum Gasteiger partial charge on any atom is 0.191 e. The van der Waals surface area contributed by atoms with E-state index >= 15 is 0 Å². The molecule has 1 saturated carbocycles. The van der Waals surface area contributed by atoms with Gasteiger partial charge in [-0.15, -0.1) is 0 Å². The molecular formula is C21H34N4O. The SMILES string of the molecule is CCNC(=NCC1(O)CCC1)NC1CCN(C(C)c2ccccc2)CC1. The van der Waals surface area contributed by atoms with Crippen LogP contribution in [-0.2, 0) is 0 Å². The summed E-state index contributed by atoms with van der Waals surface area (Å²) in [4.78, 5) is 7.20. The van der Waals surface area contributed by atoms with Gasteiger partial charge in [0.25, 0.3) is 0 Å². The lowest BCUT2D eigenvalue weighted by Gasteiger charge is -2.37. The van der Waals surface area contributed by atoms with Gasteiger partial charge in [0.1, 0.15) is 0 Å². The van der Waals surface area contributed by atoms with Crippen LogP contribution < -0.4 is 10.6 Å². The molecule has 2 fully saturated rings. The van der Waals surface area contributed by atoms with Crippen LogP contribution in [0.15, 0.2) is 35.3 Å². The van der Waals surface area contributed by atoms with Gasteiger partial charge in [-0.1, -0.05) is 30.3 Å². The molecule has 1 aliphatic heterocycles. The van der Waals surface area contributed by atoms with Crippen LogP contribution in [0.4, 0.5) is 0 Å². The first kappa shape index (κ1) is 19.2. The smallest absolute Gasteiger partial charge is 0.191 e. The topological polar surface area (TPSA) is 59.9 Å². The van der Waals surface area contributed by atoms with Crippen LogP contribution in [0.1, 0.15) is 57.6 Å². The molecule has 0 bridgehead atoms. The van der Waals surface area contributed by atoms with Gasteiger partial charge in [0.2, 0.25) is 0 Å². The van der Waals surface area contributed by atoms with E-state index in [2.05, 4.69) is 64.7 Å². The predicted molar refractivity (Wildman–Crippen MR) is 107 cm³/mol. The van der Waals surface area contributed by atoms with Gasteiger partial charge in [-0.2, -0.15) is 0 Å². The fraction of sp³-hybridized carbons (Fsp3) is 0.667. The van der Waals surface area contributed by atoms with Crippen molar-refractivity contribution in [1.29, 1.82) is 0 Å². The van der Waals surface area contributed by atoms with Crippen LogP contribution in [0.3, 0.4) is 0 Å². The van der Waals surface area contributed by atoms with Crippen LogP contribution in [0.2, 0.25) is 0 Å². The third-order valence-electron chi connectivity index (χ3n) is 5.86. The molecule has 3 N–H and O–H groups in total.